The highest BCUT2D eigenvalue weighted by Crippen LogP contribution is 2.03. The molecule has 2 N–H and O–H groups in total. The predicted octanol–water partition coefficient (Wildman–Crippen LogP) is -0.621. The Kier molecular flexibility index (Phi) is 2.78. The van der Waals surface area contributed by atoms with Crippen LogP contribution >= 0.6 is 0 Å². The Morgan fingerprint density at radius 2 is 2.46 bits per heavy atom. The van der Waals surface area contributed by atoms with Crippen molar-refractivity contribution in [3.63, 3.8) is 0 Å². The minimum Gasteiger partial charge on any atom is -0.464 e. The number of nitrogens with zero attached hydrogens (tertiary/aromatic N) is 4. The number of tetrazole rings is 1. The van der Waals surface area contributed by atoms with Crippen molar-refractivity contribution < 1.29 is 9.53 Å². The lowest BCUT2D eigenvalue weighted by molar-refractivity contribution is -0.147. The summed E-state index contributed by atoms with van der Waals surface area (Å²) in [6, 6.07) is -0.593. The van der Waals surface area contributed by atoms with Crippen molar-refractivity contribution in [2.45, 2.75) is 19.9 Å². The van der Waals surface area contributed by atoms with Crippen LogP contribution in [0.1, 0.15) is 19.9 Å². The van der Waals surface area contributed by atoms with Crippen molar-refractivity contribution in [2.75, 3.05) is 12.3 Å². The second kappa shape index (κ2) is 3.83. The molecule has 0 spiro atoms. The summed E-state index contributed by atoms with van der Waals surface area (Å²) in [6.07, 6.45) is 0. The van der Waals surface area contributed by atoms with Crippen LogP contribution in [0.25, 0.3) is 0 Å². The maximum Gasteiger partial charge on any atom is 0.332 e. The zero-order valence-electron chi connectivity index (χ0n) is 7.47. The van der Waals surface area contributed by atoms with Gasteiger partial charge in [0.1, 0.15) is 0 Å². The Labute approximate surface area is 74.9 Å². The first-order valence-corrected chi connectivity index (χ1v) is 3.86. The molecule has 0 aliphatic carbocycles. The third-order valence-corrected chi connectivity index (χ3v) is 1.42. The van der Waals surface area contributed by atoms with Crippen LogP contribution in [0.3, 0.4) is 0 Å². The van der Waals surface area contributed by atoms with Crippen molar-refractivity contribution >= 4 is 11.9 Å². The highest BCUT2D eigenvalue weighted by atomic mass is 16.5. The molecule has 13 heavy (non-hydrogen) atoms. The minimum atomic E-state index is -0.593. The Balaban J connectivity index is 2.67. The van der Waals surface area contributed by atoms with E-state index in [9.17, 15) is 4.79 Å². The number of hydrogen-bond donors (Lipinski definition) is 1. The SMILES string of the molecule is CCOC(=O)C(C)n1nnc(N)n1. The third-order valence-electron chi connectivity index (χ3n) is 1.42. The standard InChI is InChI=1S/C6H11N5O2/c1-3-13-5(12)4(2)11-9-6(7)8-10-11/h4H,3H2,1-2H3,(H2,7,9). The molecule has 0 aromatic carbocycles. The minimum absolute atomic E-state index is 0.0381. The van der Waals surface area contributed by atoms with E-state index in [0.717, 1.165) is 4.80 Å². The van der Waals surface area contributed by atoms with Crippen molar-refractivity contribution in [3.8, 4) is 0 Å². The van der Waals surface area contributed by atoms with Crippen molar-refractivity contribution in [2.24, 2.45) is 0 Å². The fraction of sp³-hybridized carbons (Fsp3) is 0.667. The van der Waals surface area contributed by atoms with Crippen LogP contribution in [-0.4, -0.2) is 32.8 Å². The molecule has 0 aliphatic heterocycles. The number of nitrogen functional groups attached to an aromatic ring is 1. The van der Waals surface area contributed by atoms with Crippen LogP contribution in [0.15, 0.2) is 0 Å². The van der Waals surface area contributed by atoms with Crippen molar-refractivity contribution in [3.05, 3.63) is 0 Å². The summed E-state index contributed by atoms with van der Waals surface area (Å²) in [5, 5.41) is 10.7. The van der Waals surface area contributed by atoms with E-state index in [1.54, 1.807) is 13.8 Å². The summed E-state index contributed by atoms with van der Waals surface area (Å²) >= 11 is 0. The number of carbonyl (C=O) groups is 1. The molecule has 0 amide bonds. The highest BCUT2D eigenvalue weighted by molar-refractivity contribution is 5.73. The van der Waals surface area contributed by atoms with Crippen LogP contribution in [0.4, 0.5) is 5.95 Å². The van der Waals surface area contributed by atoms with Crippen LogP contribution in [-0.2, 0) is 9.53 Å². The van der Waals surface area contributed by atoms with Gasteiger partial charge >= 0.3 is 5.97 Å². The summed E-state index contributed by atoms with van der Waals surface area (Å²) < 4.78 is 4.76. The molecule has 0 aliphatic rings. The van der Waals surface area contributed by atoms with Gasteiger partial charge in [0.2, 0.25) is 0 Å². The first-order valence-electron chi connectivity index (χ1n) is 3.86. The average molecular weight is 185 g/mol. The molecule has 1 heterocycles. The quantitative estimate of drug-likeness (QED) is 0.630. The average Bonchev–Trinajstić information content (AvgIpc) is 2.51. The molecular formula is C6H11N5O2. The maximum atomic E-state index is 11.2. The van der Waals surface area contributed by atoms with Gasteiger partial charge in [0.05, 0.1) is 6.61 Å². The van der Waals surface area contributed by atoms with Gasteiger partial charge in [0.15, 0.2) is 6.04 Å². The van der Waals surface area contributed by atoms with Crippen LogP contribution in [0.5, 0.6) is 0 Å². The molecule has 0 radical (unpaired) electrons. The van der Waals surface area contributed by atoms with E-state index >= 15 is 0 Å². The number of hydrogen-bond acceptors (Lipinski definition) is 6. The molecular weight excluding hydrogens is 174 g/mol. The molecule has 1 rings (SSSR count). The number of anilines is 1. The smallest absolute Gasteiger partial charge is 0.332 e. The van der Waals surface area contributed by atoms with Gasteiger partial charge < -0.3 is 10.5 Å². The van der Waals surface area contributed by atoms with E-state index in [4.69, 9.17) is 10.5 Å². The van der Waals surface area contributed by atoms with E-state index in [0.29, 0.717) is 6.61 Å². The zero-order valence-corrected chi connectivity index (χ0v) is 7.47. The maximum absolute atomic E-state index is 11.2. The van der Waals surface area contributed by atoms with Gasteiger partial charge in [-0.05, 0) is 19.1 Å². The Hall–Kier alpha value is -1.66. The molecule has 1 aromatic rings. The number of ether oxygens (including phenoxy) is 1. The van der Waals surface area contributed by atoms with Gasteiger partial charge in [-0.1, -0.05) is 5.10 Å². The second-order valence-electron chi connectivity index (χ2n) is 2.40. The number of esters is 1. The van der Waals surface area contributed by atoms with Crippen LogP contribution < -0.4 is 5.73 Å². The first kappa shape index (κ1) is 9.43. The molecule has 0 bridgehead atoms. The number of aromatic nitrogens is 4. The van der Waals surface area contributed by atoms with E-state index in [2.05, 4.69) is 15.4 Å². The monoisotopic (exact) mass is 185 g/mol. The largest absolute Gasteiger partial charge is 0.464 e. The fourth-order valence-corrected chi connectivity index (χ4v) is 0.758. The molecule has 7 heteroatoms. The van der Waals surface area contributed by atoms with Gasteiger partial charge in [0.25, 0.3) is 5.95 Å². The lowest BCUT2D eigenvalue weighted by atomic mass is 10.4. The van der Waals surface area contributed by atoms with Gasteiger partial charge in [-0.15, -0.1) is 9.90 Å². The van der Waals surface area contributed by atoms with Crippen molar-refractivity contribution in [1.82, 2.24) is 20.2 Å². The molecule has 1 atom stereocenters. The molecule has 0 fully saturated rings. The summed E-state index contributed by atoms with van der Waals surface area (Å²) in [4.78, 5) is 12.3. The third kappa shape index (κ3) is 2.14. The lowest BCUT2D eigenvalue weighted by Gasteiger charge is -2.07. The van der Waals surface area contributed by atoms with Crippen LogP contribution in [0.2, 0.25) is 0 Å². The Morgan fingerprint density at radius 1 is 1.77 bits per heavy atom. The zero-order chi connectivity index (χ0) is 9.84. The summed E-state index contributed by atoms with van der Waals surface area (Å²) in [5.41, 5.74) is 5.23. The Morgan fingerprint density at radius 3 is 2.92 bits per heavy atom. The second-order valence-corrected chi connectivity index (χ2v) is 2.40. The topological polar surface area (TPSA) is 95.9 Å². The summed E-state index contributed by atoms with van der Waals surface area (Å²) in [7, 11) is 0. The highest BCUT2D eigenvalue weighted by Gasteiger charge is 2.18. The molecule has 0 saturated carbocycles. The predicted molar refractivity (Wildman–Crippen MR) is 43.6 cm³/mol. The fourth-order valence-electron chi connectivity index (χ4n) is 0.758. The molecule has 1 aromatic heterocycles. The van der Waals surface area contributed by atoms with E-state index in [-0.39, 0.29) is 5.95 Å². The number of nitrogens with two attached hydrogens (primary N) is 1. The number of carbonyl (C=O) groups excluding carboxylic acids is 1. The van der Waals surface area contributed by atoms with Crippen molar-refractivity contribution in [1.29, 1.82) is 0 Å². The van der Waals surface area contributed by atoms with E-state index in [1.807, 2.05) is 0 Å². The summed E-state index contributed by atoms with van der Waals surface area (Å²) in [6.45, 7) is 3.67. The van der Waals surface area contributed by atoms with Crippen LogP contribution in [0, 0.1) is 0 Å². The van der Waals surface area contributed by atoms with Gasteiger partial charge in [-0.2, -0.15) is 0 Å². The van der Waals surface area contributed by atoms with Gasteiger partial charge in [-0.3, -0.25) is 0 Å². The van der Waals surface area contributed by atoms with E-state index in [1.165, 1.54) is 0 Å². The first-order chi connectivity index (χ1) is 6.15. The van der Waals surface area contributed by atoms with E-state index < -0.39 is 12.0 Å². The molecule has 1 unspecified atom stereocenters. The summed E-state index contributed by atoms with van der Waals surface area (Å²) in [5.74, 6) is -0.365. The molecule has 72 valence electrons. The lowest BCUT2D eigenvalue weighted by Crippen LogP contribution is -2.21. The van der Waals surface area contributed by atoms with Gasteiger partial charge in [-0.25, -0.2) is 4.79 Å². The molecule has 0 saturated heterocycles. The normalized spacial score (nSPS) is 12.5. The Bertz CT molecular complexity index is 297. The van der Waals surface area contributed by atoms with Gasteiger partial charge in [0, 0.05) is 0 Å². The number of rotatable bonds is 3. The molecule has 7 nitrogen and oxygen atoms in total.